The number of halogens is 1. The summed E-state index contributed by atoms with van der Waals surface area (Å²) in [6.45, 7) is 9.96. The molecule has 0 bridgehead atoms. The molecule has 0 unspecified atom stereocenters. The summed E-state index contributed by atoms with van der Waals surface area (Å²) in [5.74, 6) is 0. The first kappa shape index (κ1) is 13.5. The molecule has 0 saturated carbocycles. The maximum Gasteiger partial charge on any atom is 0.0453 e. The standard InChI is InChI=1S/C14H22ClN/c1-11(16-10-9-14(2,3)4)12-7-5-6-8-13(12)15/h5-8,11,16H,9-10H2,1-4H3/t11-/m0/s1. The van der Waals surface area contributed by atoms with E-state index in [0.717, 1.165) is 11.6 Å². The Morgan fingerprint density at radius 3 is 2.44 bits per heavy atom. The minimum absolute atomic E-state index is 0.316. The predicted octanol–water partition coefficient (Wildman–Crippen LogP) is 4.43. The Hall–Kier alpha value is -0.530. The van der Waals surface area contributed by atoms with Gasteiger partial charge in [-0.2, -0.15) is 0 Å². The van der Waals surface area contributed by atoms with E-state index in [1.54, 1.807) is 0 Å². The van der Waals surface area contributed by atoms with Gasteiger partial charge in [0, 0.05) is 11.1 Å². The van der Waals surface area contributed by atoms with Gasteiger partial charge in [-0.05, 0) is 36.9 Å². The Morgan fingerprint density at radius 2 is 1.88 bits per heavy atom. The number of nitrogens with one attached hydrogen (secondary N) is 1. The molecule has 16 heavy (non-hydrogen) atoms. The van der Waals surface area contributed by atoms with E-state index in [1.165, 1.54) is 12.0 Å². The average Bonchev–Trinajstić information content (AvgIpc) is 2.16. The van der Waals surface area contributed by atoms with Gasteiger partial charge in [0.05, 0.1) is 0 Å². The van der Waals surface area contributed by atoms with E-state index < -0.39 is 0 Å². The van der Waals surface area contributed by atoms with Crippen molar-refractivity contribution in [2.24, 2.45) is 5.41 Å². The largest absolute Gasteiger partial charge is 0.310 e. The van der Waals surface area contributed by atoms with E-state index in [0.29, 0.717) is 11.5 Å². The van der Waals surface area contributed by atoms with E-state index >= 15 is 0 Å². The molecule has 0 aliphatic rings. The molecule has 1 aromatic rings. The van der Waals surface area contributed by atoms with Gasteiger partial charge < -0.3 is 5.32 Å². The maximum absolute atomic E-state index is 6.15. The van der Waals surface area contributed by atoms with Gasteiger partial charge >= 0.3 is 0 Å². The van der Waals surface area contributed by atoms with Crippen LogP contribution in [0.15, 0.2) is 24.3 Å². The number of hydrogen-bond donors (Lipinski definition) is 1. The second-order valence-corrected chi connectivity index (χ2v) is 5.92. The molecule has 0 amide bonds. The Kier molecular flexibility index (Phi) is 4.82. The van der Waals surface area contributed by atoms with Crippen LogP contribution in [0.4, 0.5) is 0 Å². The van der Waals surface area contributed by atoms with Crippen LogP contribution >= 0.6 is 11.6 Å². The highest BCUT2D eigenvalue weighted by molar-refractivity contribution is 6.31. The molecule has 1 aromatic carbocycles. The van der Waals surface area contributed by atoms with Crippen LogP contribution < -0.4 is 5.32 Å². The summed E-state index contributed by atoms with van der Waals surface area (Å²) >= 11 is 6.15. The van der Waals surface area contributed by atoms with E-state index in [2.05, 4.69) is 39.1 Å². The molecule has 0 spiro atoms. The molecule has 0 saturated heterocycles. The molecule has 90 valence electrons. The van der Waals surface area contributed by atoms with Gasteiger partial charge in [0.1, 0.15) is 0 Å². The minimum atomic E-state index is 0.316. The first-order valence-corrected chi connectivity index (χ1v) is 6.26. The Bertz CT molecular complexity index is 328. The van der Waals surface area contributed by atoms with Crippen LogP contribution in [0.25, 0.3) is 0 Å². The van der Waals surface area contributed by atoms with Crippen molar-refractivity contribution in [2.45, 2.75) is 40.2 Å². The van der Waals surface area contributed by atoms with Crippen LogP contribution in [0, 0.1) is 5.41 Å². The third-order valence-corrected chi connectivity index (χ3v) is 3.04. The van der Waals surface area contributed by atoms with Crippen LogP contribution in [0.1, 0.15) is 45.7 Å². The van der Waals surface area contributed by atoms with Crippen molar-refractivity contribution in [2.75, 3.05) is 6.54 Å². The van der Waals surface area contributed by atoms with E-state index in [4.69, 9.17) is 11.6 Å². The van der Waals surface area contributed by atoms with Gasteiger partial charge in [0.2, 0.25) is 0 Å². The number of rotatable bonds is 4. The summed E-state index contributed by atoms with van der Waals surface area (Å²) in [4.78, 5) is 0. The van der Waals surface area contributed by atoms with Gasteiger partial charge in [-0.25, -0.2) is 0 Å². The monoisotopic (exact) mass is 239 g/mol. The lowest BCUT2D eigenvalue weighted by Gasteiger charge is -2.21. The Morgan fingerprint density at radius 1 is 1.25 bits per heavy atom. The van der Waals surface area contributed by atoms with Crippen LogP contribution in [-0.4, -0.2) is 6.54 Å². The summed E-state index contributed by atoms with van der Waals surface area (Å²) in [6, 6.07) is 8.34. The zero-order chi connectivity index (χ0) is 12.2. The van der Waals surface area contributed by atoms with Crippen LogP contribution in [0.3, 0.4) is 0 Å². The smallest absolute Gasteiger partial charge is 0.0453 e. The van der Waals surface area contributed by atoms with Gasteiger partial charge in [-0.15, -0.1) is 0 Å². The molecule has 1 nitrogen and oxygen atoms in total. The summed E-state index contributed by atoms with van der Waals surface area (Å²) in [7, 11) is 0. The normalized spacial score (nSPS) is 13.8. The molecule has 0 aliphatic carbocycles. The van der Waals surface area contributed by atoms with Crippen molar-refractivity contribution in [3.63, 3.8) is 0 Å². The summed E-state index contributed by atoms with van der Waals surface area (Å²) in [6.07, 6.45) is 1.17. The molecule has 0 radical (unpaired) electrons. The van der Waals surface area contributed by atoms with Gasteiger partial charge in [-0.3, -0.25) is 0 Å². The van der Waals surface area contributed by atoms with E-state index in [9.17, 15) is 0 Å². The molecule has 1 N–H and O–H groups in total. The van der Waals surface area contributed by atoms with Crippen molar-refractivity contribution in [1.29, 1.82) is 0 Å². The molecule has 0 aliphatic heterocycles. The second kappa shape index (κ2) is 5.70. The number of hydrogen-bond acceptors (Lipinski definition) is 1. The molecule has 1 atom stereocenters. The van der Waals surface area contributed by atoms with Crippen LogP contribution in [0.5, 0.6) is 0 Å². The summed E-state index contributed by atoms with van der Waals surface area (Å²) in [5, 5.41) is 4.36. The van der Waals surface area contributed by atoms with Crippen molar-refractivity contribution in [1.82, 2.24) is 5.32 Å². The fourth-order valence-electron chi connectivity index (χ4n) is 1.60. The summed E-state index contributed by atoms with van der Waals surface area (Å²) in [5.41, 5.74) is 1.56. The van der Waals surface area contributed by atoms with Crippen molar-refractivity contribution in [3.8, 4) is 0 Å². The first-order valence-electron chi connectivity index (χ1n) is 5.88. The lowest BCUT2D eigenvalue weighted by atomic mass is 9.92. The lowest BCUT2D eigenvalue weighted by Crippen LogP contribution is -2.23. The highest BCUT2D eigenvalue weighted by Gasteiger charge is 2.12. The first-order chi connectivity index (χ1) is 7.40. The topological polar surface area (TPSA) is 12.0 Å². The molecular weight excluding hydrogens is 218 g/mol. The molecular formula is C14H22ClN. The quantitative estimate of drug-likeness (QED) is 0.820. The van der Waals surface area contributed by atoms with Gasteiger partial charge in [0.25, 0.3) is 0 Å². The molecule has 0 aromatic heterocycles. The van der Waals surface area contributed by atoms with E-state index in [1.807, 2.05) is 18.2 Å². The third-order valence-electron chi connectivity index (χ3n) is 2.70. The SMILES string of the molecule is C[C@H](NCCC(C)(C)C)c1ccccc1Cl. The van der Waals surface area contributed by atoms with Gasteiger partial charge in [-0.1, -0.05) is 50.6 Å². The zero-order valence-corrected chi connectivity index (χ0v) is 11.4. The van der Waals surface area contributed by atoms with Crippen molar-refractivity contribution in [3.05, 3.63) is 34.9 Å². The summed E-state index contributed by atoms with van der Waals surface area (Å²) < 4.78 is 0. The predicted molar refractivity (Wildman–Crippen MR) is 71.9 cm³/mol. The second-order valence-electron chi connectivity index (χ2n) is 5.51. The van der Waals surface area contributed by atoms with Crippen LogP contribution in [0.2, 0.25) is 5.02 Å². The zero-order valence-electron chi connectivity index (χ0n) is 10.7. The van der Waals surface area contributed by atoms with E-state index in [-0.39, 0.29) is 0 Å². The molecule has 1 rings (SSSR count). The highest BCUT2D eigenvalue weighted by Crippen LogP contribution is 2.23. The number of benzene rings is 1. The average molecular weight is 240 g/mol. The lowest BCUT2D eigenvalue weighted by molar-refractivity contribution is 0.358. The Labute approximate surface area is 104 Å². The fraction of sp³-hybridized carbons (Fsp3) is 0.571. The third kappa shape index (κ3) is 4.54. The molecule has 0 fully saturated rings. The Balaban J connectivity index is 2.47. The fourth-order valence-corrected chi connectivity index (χ4v) is 1.90. The highest BCUT2D eigenvalue weighted by atomic mass is 35.5. The van der Waals surface area contributed by atoms with Crippen LogP contribution in [-0.2, 0) is 0 Å². The maximum atomic E-state index is 6.15. The van der Waals surface area contributed by atoms with Crippen molar-refractivity contribution < 1.29 is 0 Å². The van der Waals surface area contributed by atoms with Crippen molar-refractivity contribution >= 4 is 11.6 Å². The van der Waals surface area contributed by atoms with Gasteiger partial charge in [0.15, 0.2) is 0 Å². The molecule has 0 heterocycles. The minimum Gasteiger partial charge on any atom is -0.310 e. The molecule has 2 heteroatoms.